The van der Waals surface area contributed by atoms with E-state index in [1.165, 1.54) is 172 Å². The van der Waals surface area contributed by atoms with Crippen LogP contribution in [-0.2, 0) is 21.7 Å². The summed E-state index contributed by atoms with van der Waals surface area (Å²) in [7, 11) is 0. The summed E-state index contributed by atoms with van der Waals surface area (Å²) in [6.07, 6.45) is 0. The Hall–Kier alpha value is -12.7. The molecule has 552 valence electrons. The molecule has 0 radical (unpaired) electrons. The summed E-state index contributed by atoms with van der Waals surface area (Å²) in [6, 6.07) is 146. The fourth-order valence-electron chi connectivity index (χ4n) is 18.0. The maximum atomic E-state index is 2.37. The van der Waals surface area contributed by atoms with Crippen molar-refractivity contribution >= 4 is 21.5 Å². The number of hydrogen-bond acceptors (Lipinski definition) is 0. The van der Waals surface area contributed by atoms with Gasteiger partial charge in [0, 0.05) is 10.8 Å². The van der Waals surface area contributed by atoms with E-state index in [1.54, 1.807) is 0 Å². The second-order valence-corrected chi connectivity index (χ2v) is 31.9. The van der Waals surface area contributed by atoms with Crippen molar-refractivity contribution in [2.45, 2.75) is 97.8 Å². The summed E-state index contributed by atoms with van der Waals surface area (Å²) in [5, 5.41) is 5.33. The lowest BCUT2D eigenvalue weighted by atomic mass is 9.67. The van der Waals surface area contributed by atoms with E-state index in [0.717, 1.165) is 0 Å². The van der Waals surface area contributed by atoms with Crippen LogP contribution < -0.4 is 0 Å². The van der Waals surface area contributed by atoms with Gasteiger partial charge in [-0.2, -0.15) is 0 Å². The van der Waals surface area contributed by atoms with E-state index in [9.17, 15) is 0 Å². The van der Waals surface area contributed by atoms with Crippen molar-refractivity contribution in [2.24, 2.45) is 0 Å². The highest BCUT2D eigenvalue weighted by atomic mass is 14.5. The number of hydrogen-bond donors (Lipinski definition) is 0. The van der Waals surface area contributed by atoms with Crippen LogP contribution in [0.25, 0.3) is 66.1 Å². The van der Waals surface area contributed by atoms with Gasteiger partial charge in [0.1, 0.15) is 0 Å². The third-order valence-electron chi connectivity index (χ3n) is 23.6. The predicted octanol–water partition coefficient (Wildman–Crippen LogP) is 29.6. The van der Waals surface area contributed by atoms with Crippen LogP contribution in [0.2, 0.25) is 0 Å². The van der Waals surface area contributed by atoms with Gasteiger partial charge in [-0.05, 0) is 187 Å². The van der Waals surface area contributed by atoms with Gasteiger partial charge in [0.25, 0.3) is 0 Å². The third kappa shape index (κ3) is 14.8. The Balaban J connectivity index is 0.000000108. The maximum Gasteiger partial charge on any atom is 0.0713 e. The van der Waals surface area contributed by atoms with Crippen LogP contribution in [-0.4, -0.2) is 0 Å². The molecule has 0 aromatic heterocycles. The molecule has 21 rings (SSSR count). The molecule has 0 amide bonds. The minimum Gasteiger partial charge on any atom is -0.0622 e. The van der Waals surface area contributed by atoms with Gasteiger partial charge >= 0.3 is 0 Å². The summed E-state index contributed by atoms with van der Waals surface area (Å²) in [4.78, 5) is 0. The standard InChI is InChI=1S/2C26H20.2C16H16.2C11H10.C7H8/c1-19-16-17-25-23(18-19)22-14-8-9-15-24(22)26(25,20-10-4-2-5-11-20)21-12-6-3-7-13-21;1-19-16-17-23-22-14-8-9-15-24(22)26(25(23)18-19,20-10-4-2-5-11-20)21-12-6-3-7-13-21;1-11-8-9-15-13(10-11)12-6-4-5-7-14(12)16(15,2)3;1-11-8-9-13-12-6-4-5-7-14(12)16(2,3)15(13)10-11;1-9-5-4-7-10-6-2-3-8-11(9)10;1-9-6-7-10-4-2-3-5-11(10)8-9;1-7-5-3-2-4-6-7/h2*2-18H,1H3;2*4-10H,1-3H3;2*2-8H,1H3;2-6H,1H3. The fourth-order valence-corrected chi connectivity index (χ4v) is 18.0. The third-order valence-corrected chi connectivity index (χ3v) is 23.6. The van der Waals surface area contributed by atoms with Crippen LogP contribution in [0.1, 0.15) is 133 Å². The maximum absolute atomic E-state index is 2.37. The normalized spacial score (nSPS) is 13.4. The monoisotopic (exact) mass is 1460 g/mol. The van der Waals surface area contributed by atoms with Crippen LogP contribution in [0, 0.1) is 48.5 Å². The zero-order valence-corrected chi connectivity index (χ0v) is 67.2. The summed E-state index contributed by atoms with van der Waals surface area (Å²) >= 11 is 0. The molecule has 0 aliphatic heterocycles. The van der Waals surface area contributed by atoms with Gasteiger partial charge in [0.2, 0.25) is 0 Å². The molecule has 0 heterocycles. The summed E-state index contributed by atoms with van der Waals surface area (Å²) in [5.74, 6) is 0. The summed E-state index contributed by atoms with van der Waals surface area (Å²) < 4.78 is 0. The first-order chi connectivity index (χ1) is 55.0. The summed E-state index contributed by atoms with van der Waals surface area (Å²) in [6.45, 7) is 24.3. The first-order valence-corrected chi connectivity index (χ1v) is 40.0. The molecule has 17 aromatic carbocycles. The zero-order chi connectivity index (χ0) is 78.3. The largest absolute Gasteiger partial charge is 0.0713 e. The highest BCUT2D eigenvalue weighted by Gasteiger charge is 2.47. The van der Waals surface area contributed by atoms with E-state index < -0.39 is 0 Å². The first-order valence-electron chi connectivity index (χ1n) is 40.0. The molecule has 0 nitrogen and oxygen atoms in total. The SMILES string of the molecule is Cc1ccc2c(c1)-c1ccccc1C2(C)C.Cc1ccc2c(c1)-c1ccccc1C2(c1ccccc1)c1ccccc1.Cc1ccc2c(c1)C(C)(C)c1ccccc1-2.Cc1ccc2c(c1)C(c1ccccc1)(c1ccccc1)c1ccccc1-2.Cc1ccc2ccccc2c1.Cc1cccc2ccccc12.Cc1ccccc1. The Morgan fingerprint density at radius 3 is 0.938 bits per heavy atom. The lowest BCUT2D eigenvalue weighted by Gasteiger charge is -2.34. The Bertz CT molecular complexity index is 6090. The van der Waals surface area contributed by atoms with Crippen molar-refractivity contribution in [1.82, 2.24) is 0 Å². The molecule has 0 bridgehead atoms. The van der Waals surface area contributed by atoms with Gasteiger partial charge in [-0.3, -0.25) is 0 Å². The summed E-state index contributed by atoms with van der Waals surface area (Å²) in [5.41, 5.74) is 36.7. The van der Waals surface area contributed by atoms with Crippen LogP contribution >= 0.6 is 0 Å². The quantitative estimate of drug-likeness (QED) is 0.165. The Morgan fingerprint density at radius 1 is 0.159 bits per heavy atom. The van der Waals surface area contributed by atoms with E-state index in [1.807, 2.05) is 18.2 Å². The Labute approximate surface area is 671 Å². The van der Waals surface area contributed by atoms with Crippen molar-refractivity contribution in [3.8, 4) is 44.5 Å². The topological polar surface area (TPSA) is 0 Å². The zero-order valence-electron chi connectivity index (χ0n) is 67.2. The smallest absolute Gasteiger partial charge is 0.0622 e. The first kappa shape index (κ1) is 75.7. The average Bonchev–Trinajstić information content (AvgIpc) is 1.61. The van der Waals surface area contributed by atoms with Crippen LogP contribution in [0.5, 0.6) is 0 Å². The van der Waals surface area contributed by atoms with Crippen molar-refractivity contribution < 1.29 is 0 Å². The van der Waals surface area contributed by atoms with Gasteiger partial charge in [-0.15, -0.1) is 0 Å². The van der Waals surface area contributed by atoms with E-state index >= 15 is 0 Å². The molecular weight excluding hydrogens is 1360 g/mol. The molecule has 0 N–H and O–H groups in total. The van der Waals surface area contributed by atoms with Crippen LogP contribution in [0.4, 0.5) is 0 Å². The van der Waals surface area contributed by atoms with Gasteiger partial charge in [-0.25, -0.2) is 0 Å². The van der Waals surface area contributed by atoms with Crippen LogP contribution in [0.15, 0.2) is 406 Å². The van der Waals surface area contributed by atoms with E-state index in [2.05, 4.69) is 464 Å². The number of benzene rings is 17. The molecule has 0 atom stereocenters. The van der Waals surface area contributed by atoms with Gasteiger partial charge in [-0.1, -0.05) is 468 Å². The lowest BCUT2D eigenvalue weighted by molar-refractivity contribution is 0.660. The molecule has 113 heavy (non-hydrogen) atoms. The molecule has 17 aromatic rings. The minimum atomic E-state index is -0.263. The number of rotatable bonds is 4. The molecule has 0 heteroatoms. The molecular formula is C113H100. The number of aryl methyl sites for hydroxylation is 7. The Morgan fingerprint density at radius 2 is 0.451 bits per heavy atom. The molecule has 0 spiro atoms. The second-order valence-electron chi connectivity index (χ2n) is 31.9. The molecule has 0 fully saturated rings. The van der Waals surface area contributed by atoms with Gasteiger partial charge in [0.15, 0.2) is 0 Å². The van der Waals surface area contributed by atoms with Crippen molar-refractivity contribution in [3.05, 3.63) is 512 Å². The van der Waals surface area contributed by atoms with Crippen molar-refractivity contribution in [2.75, 3.05) is 0 Å². The van der Waals surface area contributed by atoms with E-state index in [-0.39, 0.29) is 21.7 Å². The van der Waals surface area contributed by atoms with E-state index in [0.29, 0.717) is 0 Å². The highest BCUT2D eigenvalue weighted by Crippen LogP contribution is 2.58. The average molecular weight is 1460 g/mol. The molecule has 4 aliphatic rings. The van der Waals surface area contributed by atoms with Crippen molar-refractivity contribution in [1.29, 1.82) is 0 Å². The van der Waals surface area contributed by atoms with E-state index in [4.69, 9.17) is 0 Å². The van der Waals surface area contributed by atoms with Gasteiger partial charge < -0.3 is 0 Å². The lowest BCUT2D eigenvalue weighted by Crippen LogP contribution is -2.28. The van der Waals surface area contributed by atoms with Gasteiger partial charge in [0.05, 0.1) is 10.8 Å². The minimum absolute atomic E-state index is 0.151. The highest BCUT2D eigenvalue weighted by molar-refractivity contribution is 5.90. The Kier molecular flexibility index (Phi) is 21.9. The molecule has 0 saturated carbocycles. The van der Waals surface area contributed by atoms with Crippen molar-refractivity contribution in [3.63, 3.8) is 0 Å². The number of fused-ring (bicyclic) bond motifs is 14. The molecule has 0 saturated heterocycles. The molecule has 4 aliphatic carbocycles. The predicted molar refractivity (Wildman–Crippen MR) is 483 cm³/mol. The second kappa shape index (κ2) is 32.7. The van der Waals surface area contributed by atoms with Crippen LogP contribution in [0.3, 0.4) is 0 Å². The fraction of sp³-hybridized carbons (Fsp3) is 0.133. The molecule has 0 unspecified atom stereocenters.